The van der Waals surface area contributed by atoms with Gasteiger partial charge in [-0.15, -0.1) is 10.2 Å². The molecule has 2 aromatic heterocycles. The van der Waals surface area contributed by atoms with Crippen molar-refractivity contribution in [1.29, 1.82) is 0 Å². The van der Waals surface area contributed by atoms with Crippen molar-refractivity contribution < 1.29 is 4.52 Å². The van der Waals surface area contributed by atoms with Crippen molar-refractivity contribution in [2.45, 2.75) is 32.6 Å². The van der Waals surface area contributed by atoms with E-state index in [-0.39, 0.29) is 0 Å². The number of hydrogen-bond acceptors (Lipinski definition) is 7. The molecule has 0 aliphatic heterocycles. The van der Waals surface area contributed by atoms with E-state index in [0.717, 1.165) is 61.4 Å². The van der Waals surface area contributed by atoms with Crippen molar-refractivity contribution >= 4 is 16.6 Å². The minimum absolute atomic E-state index is 0.449. The highest BCUT2D eigenvalue weighted by Crippen LogP contribution is 2.39. The first-order valence-corrected chi connectivity index (χ1v) is 9.35. The van der Waals surface area contributed by atoms with Crippen LogP contribution in [0.1, 0.15) is 38.4 Å². The van der Waals surface area contributed by atoms with Gasteiger partial charge >= 0.3 is 0 Å². The lowest BCUT2D eigenvalue weighted by Crippen LogP contribution is -2.28. The van der Waals surface area contributed by atoms with Crippen LogP contribution in [0.3, 0.4) is 0 Å². The van der Waals surface area contributed by atoms with Crippen molar-refractivity contribution in [3.63, 3.8) is 0 Å². The molecule has 0 atom stereocenters. The predicted octanol–water partition coefficient (Wildman–Crippen LogP) is 3.31. The second-order valence-electron chi connectivity index (χ2n) is 6.63. The summed E-state index contributed by atoms with van der Waals surface area (Å²) in [4.78, 5) is 6.89. The number of nitrogens with zero attached hydrogens (tertiary/aromatic N) is 5. The third-order valence-corrected chi connectivity index (χ3v) is 4.89. The Morgan fingerprint density at radius 3 is 2.62 bits per heavy atom. The smallest absolute Gasteiger partial charge is 0.279 e. The van der Waals surface area contributed by atoms with Gasteiger partial charge in [0.25, 0.3) is 5.89 Å². The van der Waals surface area contributed by atoms with Crippen molar-refractivity contribution in [2.75, 3.05) is 31.5 Å². The van der Waals surface area contributed by atoms with Crippen LogP contribution in [0.5, 0.6) is 0 Å². The molecule has 1 aromatic carbocycles. The van der Waals surface area contributed by atoms with Gasteiger partial charge in [0.05, 0.1) is 0 Å². The summed E-state index contributed by atoms with van der Waals surface area (Å²) in [6.45, 7) is 8.24. The molecule has 0 radical (unpaired) electrons. The van der Waals surface area contributed by atoms with Crippen molar-refractivity contribution in [1.82, 2.24) is 25.2 Å². The Bertz CT molecular complexity index is 885. The van der Waals surface area contributed by atoms with Crippen LogP contribution in [0.4, 0.5) is 5.82 Å². The fourth-order valence-corrected chi connectivity index (χ4v) is 3.10. The zero-order valence-corrected chi connectivity index (χ0v) is 15.3. The molecule has 3 aromatic rings. The van der Waals surface area contributed by atoms with E-state index in [1.54, 1.807) is 0 Å². The quantitative estimate of drug-likeness (QED) is 0.666. The number of likely N-dealkylation sites (N-methyl/N-ethyl adjacent to an activating group) is 1. The molecular formula is C19H24N6O. The number of fused-ring (bicyclic) bond motifs is 1. The minimum atomic E-state index is 0.449. The van der Waals surface area contributed by atoms with E-state index in [2.05, 4.69) is 44.4 Å². The van der Waals surface area contributed by atoms with Gasteiger partial charge in [-0.2, -0.15) is 4.98 Å². The monoisotopic (exact) mass is 352 g/mol. The van der Waals surface area contributed by atoms with Crippen LogP contribution in [0.2, 0.25) is 0 Å². The lowest BCUT2D eigenvalue weighted by molar-refractivity contribution is 0.316. The molecule has 0 saturated heterocycles. The lowest BCUT2D eigenvalue weighted by Gasteiger charge is -2.18. The van der Waals surface area contributed by atoms with Crippen LogP contribution in [-0.2, 0) is 0 Å². The second-order valence-corrected chi connectivity index (χ2v) is 6.63. The number of aromatic nitrogens is 4. The molecular weight excluding hydrogens is 328 g/mol. The van der Waals surface area contributed by atoms with Gasteiger partial charge in [-0.05, 0) is 25.9 Å². The van der Waals surface area contributed by atoms with Crippen LogP contribution in [0.15, 0.2) is 28.8 Å². The maximum atomic E-state index is 5.45. The summed E-state index contributed by atoms with van der Waals surface area (Å²) >= 11 is 0. The van der Waals surface area contributed by atoms with Crippen LogP contribution in [0, 0.1) is 0 Å². The largest absolute Gasteiger partial charge is 0.367 e. The van der Waals surface area contributed by atoms with E-state index in [1.165, 1.54) is 0 Å². The zero-order valence-electron chi connectivity index (χ0n) is 15.3. The first kappa shape index (κ1) is 16.9. The van der Waals surface area contributed by atoms with Crippen LogP contribution in [0.25, 0.3) is 22.4 Å². The van der Waals surface area contributed by atoms with E-state index < -0.39 is 0 Å². The minimum Gasteiger partial charge on any atom is -0.367 e. The average molecular weight is 352 g/mol. The van der Waals surface area contributed by atoms with Crippen LogP contribution >= 0.6 is 0 Å². The van der Waals surface area contributed by atoms with Crippen molar-refractivity contribution in [3.05, 3.63) is 30.1 Å². The molecule has 2 heterocycles. The Morgan fingerprint density at radius 2 is 1.88 bits per heavy atom. The van der Waals surface area contributed by atoms with E-state index in [4.69, 9.17) is 4.52 Å². The maximum Gasteiger partial charge on any atom is 0.279 e. The van der Waals surface area contributed by atoms with Gasteiger partial charge in [0.15, 0.2) is 17.3 Å². The van der Waals surface area contributed by atoms with Gasteiger partial charge in [0.1, 0.15) is 0 Å². The Kier molecular flexibility index (Phi) is 4.79. The van der Waals surface area contributed by atoms with Crippen molar-refractivity contribution in [3.8, 4) is 11.6 Å². The third-order valence-electron chi connectivity index (χ3n) is 4.89. The molecule has 7 nitrogen and oxygen atoms in total. The molecule has 1 aliphatic rings. The second kappa shape index (κ2) is 7.37. The molecule has 0 amide bonds. The summed E-state index contributed by atoms with van der Waals surface area (Å²) in [5.74, 6) is 2.48. The Balaban J connectivity index is 1.60. The molecule has 1 aliphatic carbocycles. The summed E-state index contributed by atoms with van der Waals surface area (Å²) in [5, 5.41) is 18.3. The molecule has 7 heteroatoms. The fourth-order valence-electron chi connectivity index (χ4n) is 3.10. The SMILES string of the molecule is CCN(CC)CCNc1nnc(-c2nc(C3CC3)no2)c2ccccc12. The summed E-state index contributed by atoms with van der Waals surface area (Å²) in [7, 11) is 0. The van der Waals surface area contributed by atoms with Gasteiger partial charge < -0.3 is 14.7 Å². The number of nitrogens with one attached hydrogen (secondary N) is 1. The Labute approximate surface area is 152 Å². The fraction of sp³-hybridized carbons (Fsp3) is 0.474. The van der Waals surface area contributed by atoms with E-state index in [9.17, 15) is 0 Å². The molecule has 26 heavy (non-hydrogen) atoms. The predicted molar refractivity (Wildman–Crippen MR) is 101 cm³/mol. The molecule has 4 rings (SSSR count). The summed E-state index contributed by atoms with van der Waals surface area (Å²) in [5.41, 5.74) is 0.647. The van der Waals surface area contributed by atoms with Crippen LogP contribution < -0.4 is 5.32 Å². The average Bonchev–Trinajstić information content (AvgIpc) is 3.42. The van der Waals surface area contributed by atoms with Gasteiger partial charge in [0, 0.05) is 29.8 Å². The van der Waals surface area contributed by atoms with Gasteiger partial charge in [-0.1, -0.05) is 43.3 Å². The van der Waals surface area contributed by atoms with Crippen molar-refractivity contribution in [2.24, 2.45) is 0 Å². The Hall–Kier alpha value is -2.54. The Morgan fingerprint density at radius 1 is 1.12 bits per heavy atom. The first-order valence-electron chi connectivity index (χ1n) is 9.35. The standard InChI is InChI=1S/C19H24N6O/c1-3-25(4-2)12-11-20-18-15-8-6-5-7-14(15)16(22-23-18)19-21-17(24-26-19)13-9-10-13/h5-8,13H,3-4,9-12H2,1-2H3,(H,20,23). The molecule has 1 N–H and O–H groups in total. The molecule has 0 spiro atoms. The molecule has 1 saturated carbocycles. The highest BCUT2D eigenvalue weighted by Gasteiger charge is 2.29. The number of anilines is 1. The zero-order chi connectivity index (χ0) is 17.9. The molecule has 1 fully saturated rings. The molecule has 0 bridgehead atoms. The topological polar surface area (TPSA) is 80.0 Å². The van der Waals surface area contributed by atoms with E-state index >= 15 is 0 Å². The third kappa shape index (κ3) is 3.39. The first-order chi connectivity index (χ1) is 12.8. The van der Waals surface area contributed by atoms with Gasteiger partial charge in [-0.3, -0.25) is 0 Å². The summed E-state index contributed by atoms with van der Waals surface area (Å²) in [6.07, 6.45) is 2.28. The van der Waals surface area contributed by atoms with Crippen LogP contribution in [-0.4, -0.2) is 51.4 Å². The van der Waals surface area contributed by atoms with Gasteiger partial charge in [0.2, 0.25) is 0 Å². The van der Waals surface area contributed by atoms with Gasteiger partial charge in [-0.25, -0.2) is 0 Å². The highest BCUT2D eigenvalue weighted by molar-refractivity contribution is 5.98. The molecule has 0 unspecified atom stereocenters. The number of rotatable bonds is 8. The summed E-state index contributed by atoms with van der Waals surface area (Å²) < 4.78 is 5.45. The molecule has 136 valence electrons. The maximum absolute atomic E-state index is 5.45. The van der Waals surface area contributed by atoms with E-state index in [1.807, 2.05) is 24.3 Å². The number of benzene rings is 1. The highest BCUT2D eigenvalue weighted by atomic mass is 16.5. The summed E-state index contributed by atoms with van der Waals surface area (Å²) in [6, 6.07) is 8.07. The lowest BCUT2D eigenvalue weighted by atomic mass is 10.1. The number of hydrogen-bond donors (Lipinski definition) is 1. The van der Waals surface area contributed by atoms with E-state index in [0.29, 0.717) is 17.5 Å². The normalized spacial score (nSPS) is 14.3.